The molecule has 0 saturated carbocycles. The molecule has 3 rings (SSSR count). The smallest absolute Gasteiger partial charge is 0.112 e. The quantitative estimate of drug-likeness (QED) is 0.717. The van der Waals surface area contributed by atoms with E-state index >= 15 is 0 Å². The van der Waals surface area contributed by atoms with Gasteiger partial charge in [0.05, 0.1) is 6.54 Å². The molecule has 0 bridgehead atoms. The van der Waals surface area contributed by atoms with Gasteiger partial charge in [-0.25, -0.2) is 4.98 Å². The van der Waals surface area contributed by atoms with Gasteiger partial charge in [-0.1, -0.05) is 0 Å². The lowest BCUT2D eigenvalue weighted by atomic mass is 10.1. The number of hydrogen-bond acceptors (Lipinski definition) is 5. The standard InChI is InChI=1S/C14H14N4S/c1-9-8-19-14(18-9)7-17-13-3-2-12(15)11-6-16-5-4-10(11)13/h2-6,8,17H,7,15H2,1H3. The number of fused-ring (bicyclic) bond motifs is 1. The Labute approximate surface area is 115 Å². The summed E-state index contributed by atoms with van der Waals surface area (Å²) >= 11 is 1.67. The molecule has 2 heterocycles. The predicted octanol–water partition coefficient (Wildman–Crippen LogP) is 3.19. The highest BCUT2D eigenvalue weighted by atomic mass is 32.1. The largest absolute Gasteiger partial charge is 0.398 e. The molecule has 0 fully saturated rings. The lowest BCUT2D eigenvalue weighted by molar-refractivity contribution is 1.08. The summed E-state index contributed by atoms with van der Waals surface area (Å²) in [6, 6.07) is 5.87. The van der Waals surface area contributed by atoms with Crippen LogP contribution in [0.3, 0.4) is 0 Å². The number of pyridine rings is 1. The van der Waals surface area contributed by atoms with Gasteiger partial charge in [0.2, 0.25) is 0 Å². The molecule has 0 amide bonds. The van der Waals surface area contributed by atoms with Crippen LogP contribution in [0.4, 0.5) is 11.4 Å². The van der Waals surface area contributed by atoms with Gasteiger partial charge in [0.25, 0.3) is 0 Å². The number of benzene rings is 1. The van der Waals surface area contributed by atoms with E-state index in [1.807, 2.05) is 25.1 Å². The Morgan fingerprint density at radius 1 is 1.26 bits per heavy atom. The van der Waals surface area contributed by atoms with Crippen LogP contribution in [-0.4, -0.2) is 9.97 Å². The Bertz CT molecular complexity index is 720. The number of rotatable bonds is 3. The fraction of sp³-hybridized carbons (Fsp3) is 0.143. The average Bonchev–Trinajstić information content (AvgIpc) is 2.84. The fourth-order valence-corrected chi connectivity index (χ4v) is 2.73. The number of anilines is 2. The Morgan fingerprint density at radius 3 is 2.95 bits per heavy atom. The zero-order valence-corrected chi connectivity index (χ0v) is 11.4. The van der Waals surface area contributed by atoms with E-state index in [0.29, 0.717) is 0 Å². The van der Waals surface area contributed by atoms with Gasteiger partial charge >= 0.3 is 0 Å². The number of aromatic nitrogens is 2. The summed E-state index contributed by atoms with van der Waals surface area (Å²) in [5.74, 6) is 0. The second-order valence-electron chi connectivity index (χ2n) is 4.36. The van der Waals surface area contributed by atoms with E-state index in [1.54, 1.807) is 23.7 Å². The van der Waals surface area contributed by atoms with Crippen molar-refractivity contribution in [2.24, 2.45) is 0 Å². The molecule has 0 unspecified atom stereocenters. The monoisotopic (exact) mass is 270 g/mol. The molecule has 1 aromatic carbocycles. The number of nitrogens with one attached hydrogen (secondary N) is 1. The number of aryl methyl sites for hydroxylation is 1. The second kappa shape index (κ2) is 4.85. The second-order valence-corrected chi connectivity index (χ2v) is 5.30. The minimum absolute atomic E-state index is 0.722. The van der Waals surface area contributed by atoms with E-state index in [9.17, 15) is 0 Å². The molecular weight excluding hydrogens is 256 g/mol. The maximum absolute atomic E-state index is 5.96. The van der Waals surface area contributed by atoms with Crippen LogP contribution in [0.1, 0.15) is 10.7 Å². The highest BCUT2D eigenvalue weighted by molar-refractivity contribution is 7.09. The van der Waals surface area contributed by atoms with Crippen molar-refractivity contribution >= 4 is 33.5 Å². The van der Waals surface area contributed by atoms with Crippen molar-refractivity contribution in [3.8, 4) is 0 Å². The molecule has 0 aliphatic rings. The number of nitrogens with zero attached hydrogens (tertiary/aromatic N) is 2. The summed E-state index contributed by atoms with van der Waals surface area (Å²) in [4.78, 5) is 8.56. The Kier molecular flexibility index (Phi) is 3.05. The van der Waals surface area contributed by atoms with Crippen molar-refractivity contribution in [3.63, 3.8) is 0 Å². The summed E-state index contributed by atoms with van der Waals surface area (Å²) < 4.78 is 0. The van der Waals surface area contributed by atoms with Crippen molar-refractivity contribution in [1.82, 2.24) is 9.97 Å². The highest BCUT2D eigenvalue weighted by Gasteiger charge is 2.05. The number of thiazole rings is 1. The molecular formula is C14H14N4S. The van der Waals surface area contributed by atoms with E-state index in [1.165, 1.54) is 0 Å². The molecule has 96 valence electrons. The van der Waals surface area contributed by atoms with Crippen molar-refractivity contribution in [3.05, 3.63) is 46.7 Å². The first-order valence-corrected chi connectivity index (χ1v) is 6.89. The summed E-state index contributed by atoms with van der Waals surface area (Å²) in [5.41, 5.74) is 8.82. The van der Waals surface area contributed by atoms with Gasteiger partial charge in [0.15, 0.2) is 0 Å². The normalized spacial score (nSPS) is 10.8. The molecule has 2 aromatic heterocycles. The molecule has 0 aliphatic heterocycles. The zero-order valence-electron chi connectivity index (χ0n) is 10.6. The van der Waals surface area contributed by atoms with Gasteiger partial charge < -0.3 is 11.1 Å². The number of nitrogens with two attached hydrogens (primary N) is 1. The minimum atomic E-state index is 0.722. The SMILES string of the molecule is Cc1csc(CNc2ccc(N)c3cnccc23)n1. The van der Waals surface area contributed by atoms with Crippen LogP contribution in [0.5, 0.6) is 0 Å². The lowest BCUT2D eigenvalue weighted by Crippen LogP contribution is -2.00. The fourth-order valence-electron chi connectivity index (χ4n) is 2.02. The van der Waals surface area contributed by atoms with Crippen LogP contribution in [-0.2, 0) is 6.54 Å². The van der Waals surface area contributed by atoms with Gasteiger partial charge in [0, 0.05) is 45.6 Å². The molecule has 4 nitrogen and oxygen atoms in total. The van der Waals surface area contributed by atoms with Crippen LogP contribution in [0.15, 0.2) is 36.0 Å². The summed E-state index contributed by atoms with van der Waals surface area (Å²) in [6.07, 6.45) is 3.57. The molecule has 3 aromatic rings. The van der Waals surface area contributed by atoms with Crippen LogP contribution in [0.2, 0.25) is 0 Å². The molecule has 0 radical (unpaired) electrons. The molecule has 5 heteroatoms. The third-order valence-electron chi connectivity index (χ3n) is 2.95. The topological polar surface area (TPSA) is 63.8 Å². The van der Waals surface area contributed by atoms with E-state index in [0.717, 1.165) is 39.4 Å². The Hall–Kier alpha value is -2.14. The third kappa shape index (κ3) is 2.37. The van der Waals surface area contributed by atoms with Crippen LogP contribution in [0, 0.1) is 6.92 Å². The number of nitrogen functional groups attached to an aromatic ring is 1. The van der Waals surface area contributed by atoms with Crippen LogP contribution in [0.25, 0.3) is 10.8 Å². The van der Waals surface area contributed by atoms with Crippen molar-refractivity contribution in [2.75, 3.05) is 11.1 Å². The van der Waals surface area contributed by atoms with Gasteiger partial charge in [-0.15, -0.1) is 11.3 Å². The summed E-state index contributed by atoms with van der Waals surface area (Å²) in [5, 5.41) is 8.61. The lowest BCUT2D eigenvalue weighted by Gasteiger charge is -2.09. The van der Waals surface area contributed by atoms with Gasteiger partial charge in [0.1, 0.15) is 5.01 Å². The summed E-state index contributed by atoms with van der Waals surface area (Å²) in [7, 11) is 0. The van der Waals surface area contributed by atoms with E-state index in [2.05, 4.69) is 20.7 Å². The Morgan fingerprint density at radius 2 is 2.16 bits per heavy atom. The molecule has 0 saturated heterocycles. The van der Waals surface area contributed by atoms with Crippen LogP contribution < -0.4 is 11.1 Å². The van der Waals surface area contributed by atoms with Gasteiger partial charge in [-0.2, -0.15) is 0 Å². The van der Waals surface area contributed by atoms with Crippen LogP contribution >= 0.6 is 11.3 Å². The molecule has 3 N–H and O–H groups in total. The van der Waals surface area contributed by atoms with Gasteiger partial charge in [-0.05, 0) is 25.1 Å². The highest BCUT2D eigenvalue weighted by Crippen LogP contribution is 2.27. The first kappa shape index (κ1) is 11.9. The van der Waals surface area contributed by atoms with Crippen molar-refractivity contribution < 1.29 is 0 Å². The molecule has 0 spiro atoms. The molecule has 19 heavy (non-hydrogen) atoms. The minimum Gasteiger partial charge on any atom is -0.398 e. The first-order chi connectivity index (χ1) is 9.24. The summed E-state index contributed by atoms with van der Waals surface area (Å²) in [6.45, 7) is 2.73. The average molecular weight is 270 g/mol. The van der Waals surface area contributed by atoms with Gasteiger partial charge in [-0.3, -0.25) is 4.98 Å². The number of hydrogen-bond donors (Lipinski definition) is 2. The van der Waals surface area contributed by atoms with E-state index in [4.69, 9.17) is 5.73 Å². The molecule has 0 aliphatic carbocycles. The third-order valence-corrected chi connectivity index (χ3v) is 3.92. The van der Waals surface area contributed by atoms with Crippen molar-refractivity contribution in [2.45, 2.75) is 13.5 Å². The van der Waals surface area contributed by atoms with Crippen molar-refractivity contribution in [1.29, 1.82) is 0 Å². The predicted molar refractivity (Wildman–Crippen MR) is 80.3 cm³/mol. The zero-order chi connectivity index (χ0) is 13.2. The van der Waals surface area contributed by atoms with E-state index < -0.39 is 0 Å². The molecule has 0 atom stereocenters. The maximum Gasteiger partial charge on any atom is 0.112 e. The maximum atomic E-state index is 5.96. The first-order valence-electron chi connectivity index (χ1n) is 6.01. The van der Waals surface area contributed by atoms with E-state index in [-0.39, 0.29) is 0 Å². The Balaban J connectivity index is 1.91.